The van der Waals surface area contributed by atoms with Crippen LogP contribution in [0.4, 0.5) is 34.1 Å². The van der Waals surface area contributed by atoms with Crippen molar-refractivity contribution in [2.45, 2.75) is 20.3 Å². The Bertz CT molecular complexity index is 2490. The molecule has 0 bridgehead atoms. The normalized spacial score (nSPS) is 11.1. The highest BCUT2D eigenvalue weighted by Crippen LogP contribution is 2.39. The topological polar surface area (TPSA) is 6.48 Å². The number of hydrogen-bond donors (Lipinski definition) is 0. The summed E-state index contributed by atoms with van der Waals surface area (Å²) in [5.74, 6) is 0. The van der Waals surface area contributed by atoms with Crippen LogP contribution < -0.4 is 9.80 Å². The van der Waals surface area contributed by atoms with Gasteiger partial charge in [0.15, 0.2) is 0 Å². The van der Waals surface area contributed by atoms with Crippen LogP contribution in [0, 0.1) is 13.8 Å². The molecule has 0 N–H and O–H groups in total. The van der Waals surface area contributed by atoms with Gasteiger partial charge < -0.3 is 9.80 Å². The van der Waals surface area contributed by atoms with E-state index in [1.807, 2.05) is 6.07 Å². The first-order valence-corrected chi connectivity index (χ1v) is 19.0. The Hall–Kier alpha value is -6.90. The number of benzene rings is 8. The zero-order valence-corrected chi connectivity index (χ0v) is 31.4. The molecular weight excluding hydrogens is 665 g/mol. The highest BCUT2D eigenvalue weighted by molar-refractivity contribution is 5.82. The van der Waals surface area contributed by atoms with Crippen molar-refractivity contribution in [3.8, 4) is 11.1 Å². The average Bonchev–Trinajstić information content (AvgIpc) is 3.23. The second-order valence-electron chi connectivity index (χ2n) is 14.1. The molecule has 0 spiro atoms. The minimum atomic E-state index is 0.918. The van der Waals surface area contributed by atoms with Gasteiger partial charge in [0.05, 0.1) is 0 Å². The van der Waals surface area contributed by atoms with Gasteiger partial charge in [-0.15, -0.1) is 0 Å². The molecule has 0 aromatic heterocycles. The molecule has 0 amide bonds. The number of rotatable bonds is 11. The molecule has 0 unspecified atom stereocenters. The van der Waals surface area contributed by atoms with Crippen LogP contribution in [-0.2, 0) is 6.42 Å². The Balaban J connectivity index is 1.06. The Morgan fingerprint density at radius 3 is 1.38 bits per heavy atom. The van der Waals surface area contributed by atoms with Crippen molar-refractivity contribution in [1.29, 1.82) is 0 Å². The third-order valence-corrected chi connectivity index (χ3v) is 10.1. The quantitative estimate of drug-likeness (QED) is 0.123. The van der Waals surface area contributed by atoms with E-state index in [4.69, 9.17) is 0 Å². The molecule has 0 radical (unpaired) electrons. The van der Waals surface area contributed by atoms with E-state index in [2.05, 4.69) is 236 Å². The molecule has 0 atom stereocenters. The molecule has 8 rings (SSSR count). The lowest BCUT2D eigenvalue weighted by atomic mass is 10.0. The largest absolute Gasteiger partial charge is 0.310 e. The van der Waals surface area contributed by atoms with Crippen molar-refractivity contribution in [2.75, 3.05) is 9.80 Å². The summed E-state index contributed by atoms with van der Waals surface area (Å²) < 4.78 is 0. The van der Waals surface area contributed by atoms with Gasteiger partial charge in [-0.05, 0) is 138 Å². The van der Waals surface area contributed by atoms with E-state index < -0.39 is 0 Å². The molecular formula is C53H44N2. The number of nitrogens with zero attached hydrogens (tertiary/aromatic N) is 2. The van der Waals surface area contributed by atoms with Crippen LogP contribution in [0.1, 0.15) is 33.4 Å². The van der Waals surface area contributed by atoms with Crippen molar-refractivity contribution >= 4 is 46.3 Å². The lowest BCUT2D eigenvalue weighted by molar-refractivity contribution is 1.18. The van der Waals surface area contributed by atoms with Gasteiger partial charge in [-0.25, -0.2) is 0 Å². The molecule has 8 aromatic carbocycles. The first-order valence-electron chi connectivity index (χ1n) is 19.0. The van der Waals surface area contributed by atoms with Crippen molar-refractivity contribution in [1.82, 2.24) is 0 Å². The predicted molar refractivity (Wildman–Crippen MR) is 235 cm³/mol. The molecule has 55 heavy (non-hydrogen) atoms. The summed E-state index contributed by atoms with van der Waals surface area (Å²) in [7, 11) is 0. The standard InChI is InChI=1S/C53H44N2/c1-40-13-12-20-52(37-40)55(49-30-22-44(23-31-49)39-43-16-8-4-9-17-43)51-34-28-47(29-35-51)46-26-32-50(33-27-46)54(48-18-10-5-11-19-48)53-36-25-45(41(2)38-53)24-21-42-14-6-3-7-15-42/h3-38H,39H2,1-2H3/b24-21-. The molecule has 2 nitrogen and oxygen atoms in total. The first-order chi connectivity index (χ1) is 27.1. The fraction of sp³-hybridized carbons (Fsp3) is 0.0566. The Kier molecular flexibility index (Phi) is 10.5. The maximum absolute atomic E-state index is 2.34. The van der Waals surface area contributed by atoms with Crippen molar-refractivity contribution in [3.05, 3.63) is 240 Å². The highest BCUT2D eigenvalue weighted by Gasteiger charge is 2.16. The van der Waals surface area contributed by atoms with Crippen LogP contribution in [0.25, 0.3) is 23.3 Å². The molecule has 0 aliphatic heterocycles. The van der Waals surface area contributed by atoms with Crippen LogP contribution >= 0.6 is 0 Å². The van der Waals surface area contributed by atoms with Crippen molar-refractivity contribution in [2.24, 2.45) is 0 Å². The van der Waals surface area contributed by atoms with Gasteiger partial charge in [0.1, 0.15) is 0 Å². The van der Waals surface area contributed by atoms with Crippen LogP contribution in [0.15, 0.2) is 206 Å². The van der Waals surface area contributed by atoms with Gasteiger partial charge in [-0.2, -0.15) is 0 Å². The van der Waals surface area contributed by atoms with Crippen molar-refractivity contribution < 1.29 is 0 Å². The third-order valence-electron chi connectivity index (χ3n) is 10.1. The number of anilines is 6. The second kappa shape index (κ2) is 16.4. The fourth-order valence-corrected chi connectivity index (χ4v) is 7.18. The lowest BCUT2D eigenvalue weighted by Crippen LogP contribution is -2.10. The lowest BCUT2D eigenvalue weighted by Gasteiger charge is -2.27. The average molecular weight is 709 g/mol. The summed E-state index contributed by atoms with van der Waals surface area (Å²) >= 11 is 0. The second-order valence-corrected chi connectivity index (χ2v) is 14.1. The Morgan fingerprint density at radius 1 is 0.364 bits per heavy atom. The van der Waals surface area contributed by atoms with Crippen LogP contribution in [0.2, 0.25) is 0 Å². The van der Waals surface area contributed by atoms with Gasteiger partial charge in [-0.1, -0.05) is 146 Å². The summed E-state index contributed by atoms with van der Waals surface area (Å²) in [6.07, 6.45) is 5.29. The molecule has 2 heteroatoms. The van der Waals surface area contributed by atoms with Crippen LogP contribution in [-0.4, -0.2) is 0 Å². The molecule has 266 valence electrons. The maximum atomic E-state index is 2.34. The minimum absolute atomic E-state index is 0.918. The monoisotopic (exact) mass is 708 g/mol. The zero-order chi connectivity index (χ0) is 37.4. The molecule has 0 saturated carbocycles. The molecule has 0 heterocycles. The SMILES string of the molecule is Cc1cccc(N(c2ccc(Cc3ccccc3)cc2)c2ccc(-c3ccc(N(c4ccccc4)c4ccc(/C=C\c5ccccc5)c(C)c4)cc3)cc2)c1. The summed E-state index contributed by atoms with van der Waals surface area (Å²) in [6, 6.07) is 74.0. The molecule has 0 aliphatic rings. The van der Waals surface area contributed by atoms with E-state index in [0.717, 1.165) is 40.5 Å². The molecule has 0 saturated heterocycles. The van der Waals surface area contributed by atoms with E-state index in [1.54, 1.807) is 0 Å². The summed E-state index contributed by atoms with van der Waals surface area (Å²) in [4.78, 5) is 4.67. The van der Waals surface area contributed by atoms with E-state index in [1.165, 1.54) is 44.5 Å². The Morgan fingerprint density at radius 2 is 0.818 bits per heavy atom. The Labute approximate surface area is 325 Å². The minimum Gasteiger partial charge on any atom is -0.310 e. The van der Waals surface area contributed by atoms with E-state index in [9.17, 15) is 0 Å². The van der Waals surface area contributed by atoms with Crippen LogP contribution in [0.5, 0.6) is 0 Å². The third kappa shape index (κ3) is 8.35. The van der Waals surface area contributed by atoms with Gasteiger partial charge in [0.25, 0.3) is 0 Å². The smallest absolute Gasteiger partial charge is 0.0464 e. The first kappa shape index (κ1) is 35.1. The highest BCUT2D eigenvalue weighted by atomic mass is 15.1. The molecule has 8 aromatic rings. The van der Waals surface area contributed by atoms with Gasteiger partial charge >= 0.3 is 0 Å². The maximum Gasteiger partial charge on any atom is 0.0464 e. The summed E-state index contributed by atoms with van der Waals surface area (Å²) in [5, 5.41) is 0. The van der Waals surface area contributed by atoms with Gasteiger partial charge in [0.2, 0.25) is 0 Å². The predicted octanol–water partition coefficient (Wildman–Crippen LogP) is 14.7. The van der Waals surface area contributed by atoms with Gasteiger partial charge in [0, 0.05) is 34.1 Å². The van der Waals surface area contributed by atoms with E-state index >= 15 is 0 Å². The molecule has 0 fully saturated rings. The number of aryl methyl sites for hydroxylation is 2. The zero-order valence-electron chi connectivity index (χ0n) is 31.4. The van der Waals surface area contributed by atoms with Crippen LogP contribution in [0.3, 0.4) is 0 Å². The molecule has 0 aliphatic carbocycles. The summed E-state index contributed by atoms with van der Waals surface area (Å²) in [6.45, 7) is 4.34. The van der Waals surface area contributed by atoms with E-state index in [0.29, 0.717) is 0 Å². The number of para-hydroxylation sites is 1. The number of hydrogen-bond acceptors (Lipinski definition) is 2. The van der Waals surface area contributed by atoms with E-state index in [-0.39, 0.29) is 0 Å². The fourth-order valence-electron chi connectivity index (χ4n) is 7.18. The summed E-state index contributed by atoms with van der Waals surface area (Å²) in [5.41, 5.74) is 16.6. The van der Waals surface area contributed by atoms with Crippen molar-refractivity contribution in [3.63, 3.8) is 0 Å². The van der Waals surface area contributed by atoms with Gasteiger partial charge in [-0.3, -0.25) is 0 Å².